The van der Waals surface area contributed by atoms with E-state index < -0.39 is 0 Å². The van der Waals surface area contributed by atoms with Crippen molar-refractivity contribution in [2.24, 2.45) is 11.8 Å². The Bertz CT molecular complexity index is 548. The van der Waals surface area contributed by atoms with Crippen LogP contribution in [-0.4, -0.2) is 54.3 Å². The molecule has 2 atom stereocenters. The van der Waals surface area contributed by atoms with Crippen molar-refractivity contribution >= 4 is 5.82 Å². The zero-order chi connectivity index (χ0) is 16.1. The van der Waals surface area contributed by atoms with Crippen LogP contribution in [0.5, 0.6) is 0 Å². The molecular weight excluding hydrogens is 288 g/mol. The molecule has 3 heterocycles. The Hall–Kier alpha value is -1.64. The number of aliphatic hydroxyl groups is 1. The SMILES string of the molecule is N#Cc1cccc(N2C[C@@H](CN3CCCCCC3)[C@@H](CO)C2)n1. The molecule has 0 aliphatic carbocycles. The van der Waals surface area contributed by atoms with Gasteiger partial charge in [0.25, 0.3) is 0 Å². The van der Waals surface area contributed by atoms with Crippen LogP contribution in [0.3, 0.4) is 0 Å². The molecule has 1 N–H and O–H groups in total. The average molecular weight is 314 g/mol. The largest absolute Gasteiger partial charge is 0.396 e. The molecule has 0 saturated carbocycles. The summed E-state index contributed by atoms with van der Waals surface area (Å²) in [5.74, 6) is 1.64. The van der Waals surface area contributed by atoms with Crippen LogP contribution in [-0.2, 0) is 0 Å². The molecule has 3 rings (SSSR count). The number of anilines is 1. The molecule has 5 nitrogen and oxygen atoms in total. The van der Waals surface area contributed by atoms with Gasteiger partial charge in [-0.3, -0.25) is 0 Å². The Kier molecular flexibility index (Phi) is 5.47. The third-order valence-electron chi connectivity index (χ3n) is 5.18. The minimum atomic E-state index is 0.229. The molecule has 0 aromatic carbocycles. The minimum Gasteiger partial charge on any atom is -0.396 e. The second-order valence-electron chi connectivity index (χ2n) is 6.82. The number of aromatic nitrogens is 1. The van der Waals surface area contributed by atoms with Gasteiger partial charge >= 0.3 is 0 Å². The summed E-state index contributed by atoms with van der Waals surface area (Å²) >= 11 is 0. The van der Waals surface area contributed by atoms with Crippen LogP contribution in [0.2, 0.25) is 0 Å². The summed E-state index contributed by atoms with van der Waals surface area (Å²) in [5.41, 5.74) is 0.457. The highest BCUT2D eigenvalue weighted by molar-refractivity contribution is 5.43. The van der Waals surface area contributed by atoms with Gasteiger partial charge in [-0.1, -0.05) is 18.9 Å². The molecule has 2 aliphatic rings. The van der Waals surface area contributed by atoms with Crippen molar-refractivity contribution in [3.8, 4) is 6.07 Å². The van der Waals surface area contributed by atoms with Crippen LogP contribution in [0.25, 0.3) is 0 Å². The number of likely N-dealkylation sites (tertiary alicyclic amines) is 1. The molecule has 124 valence electrons. The van der Waals surface area contributed by atoms with Crippen molar-refractivity contribution in [2.45, 2.75) is 25.7 Å². The average Bonchev–Trinajstić information content (AvgIpc) is 2.82. The first-order valence-corrected chi connectivity index (χ1v) is 8.75. The number of pyridine rings is 1. The van der Waals surface area contributed by atoms with Crippen molar-refractivity contribution in [1.29, 1.82) is 5.26 Å². The number of rotatable bonds is 4. The van der Waals surface area contributed by atoms with Gasteiger partial charge in [-0.2, -0.15) is 5.26 Å². The monoisotopic (exact) mass is 314 g/mol. The first-order chi connectivity index (χ1) is 11.3. The van der Waals surface area contributed by atoms with Gasteiger partial charge in [0.1, 0.15) is 17.6 Å². The molecule has 0 amide bonds. The predicted octanol–water partition coefficient (Wildman–Crippen LogP) is 1.87. The first kappa shape index (κ1) is 16.2. The van der Waals surface area contributed by atoms with Gasteiger partial charge in [0.15, 0.2) is 0 Å². The first-order valence-electron chi connectivity index (χ1n) is 8.75. The van der Waals surface area contributed by atoms with Gasteiger partial charge in [-0.25, -0.2) is 4.98 Å². The lowest BCUT2D eigenvalue weighted by Gasteiger charge is -2.26. The quantitative estimate of drug-likeness (QED) is 0.919. The molecule has 0 unspecified atom stereocenters. The Labute approximate surface area is 138 Å². The van der Waals surface area contributed by atoms with E-state index in [1.807, 2.05) is 12.1 Å². The summed E-state index contributed by atoms with van der Waals surface area (Å²) in [5, 5.41) is 18.8. The smallest absolute Gasteiger partial charge is 0.142 e. The lowest BCUT2D eigenvalue weighted by molar-refractivity contribution is 0.165. The van der Waals surface area contributed by atoms with E-state index in [9.17, 15) is 5.11 Å². The number of hydrogen-bond acceptors (Lipinski definition) is 5. The van der Waals surface area contributed by atoms with Gasteiger partial charge in [0.2, 0.25) is 0 Å². The summed E-state index contributed by atoms with van der Waals surface area (Å²) in [6.45, 7) is 5.43. The number of hydrogen-bond donors (Lipinski definition) is 1. The zero-order valence-electron chi connectivity index (χ0n) is 13.7. The third kappa shape index (κ3) is 4.01. The van der Waals surface area contributed by atoms with Gasteiger partial charge in [-0.05, 0) is 44.0 Å². The molecule has 0 spiro atoms. The maximum atomic E-state index is 9.77. The Morgan fingerprint density at radius 3 is 2.57 bits per heavy atom. The normalized spacial score (nSPS) is 26.0. The summed E-state index contributed by atoms with van der Waals surface area (Å²) in [6.07, 6.45) is 5.29. The van der Waals surface area contributed by atoms with Gasteiger partial charge in [-0.15, -0.1) is 0 Å². The molecule has 0 bridgehead atoms. The summed E-state index contributed by atoms with van der Waals surface area (Å²) in [4.78, 5) is 9.21. The number of aliphatic hydroxyl groups excluding tert-OH is 1. The molecule has 2 saturated heterocycles. The van der Waals surface area contributed by atoms with Crippen LogP contribution < -0.4 is 4.90 Å². The Morgan fingerprint density at radius 1 is 1.13 bits per heavy atom. The summed E-state index contributed by atoms with van der Waals surface area (Å²) < 4.78 is 0. The maximum absolute atomic E-state index is 9.77. The molecule has 2 fully saturated rings. The highest BCUT2D eigenvalue weighted by atomic mass is 16.3. The Morgan fingerprint density at radius 2 is 1.87 bits per heavy atom. The van der Waals surface area contributed by atoms with E-state index in [1.165, 1.54) is 38.8 Å². The van der Waals surface area contributed by atoms with Crippen LogP contribution in [0.4, 0.5) is 5.82 Å². The molecule has 23 heavy (non-hydrogen) atoms. The fourth-order valence-electron chi connectivity index (χ4n) is 3.85. The fourth-order valence-corrected chi connectivity index (χ4v) is 3.85. The van der Waals surface area contributed by atoms with E-state index in [-0.39, 0.29) is 6.61 Å². The lowest BCUT2D eigenvalue weighted by atomic mass is 9.96. The van der Waals surface area contributed by atoms with E-state index in [0.717, 1.165) is 25.5 Å². The number of nitrogens with zero attached hydrogens (tertiary/aromatic N) is 4. The van der Waals surface area contributed by atoms with E-state index in [1.54, 1.807) is 6.07 Å². The third-order valence-corrected chi connectivity index (χ3v) is 5.18. The van der Waals surface area contributed by atoms with E-state index >= 15 is 0 Å². The topological polar surface area (TPSA) is 63.4 Å². The van der Waals surface area contributed by atoms with E-state index in [2.05, 4.69) is 20.9 Å². The number of nitriles is 1. The standard InChI is InChI=1S/C18H26N4O/c19-10-17-6-5-7-18(20-17)22-12-15(16(13-22)14-23)11-21-8-3-1-2-4-9-21/h5-7,15-16,23H,1-4,8-9,11-14H2/t15-,16-/m1/s1. The predicted molar refractivity (Wildman–Crippen MR) is 90.1 cm³/mol. The summed E-state index contributed by atoms with van der Waals surface area (Å²) in [6, 6.07) is 7.69. The van der Waals surface area contributed by atoms with Gasteiger partial charge in [0.05, 0.1) is 0 Å². The van der Waals surface area contributed by atoms with Crippen LogP contribution in [0.15, 0.2) is 18.2 Å². The van der Waals surface area contributed by atoms with E-state index in [4.69, 9.17) is 5.26 Å². The molecule has 1 aromatic heterocycles. The van der Waals surface area contributed by atoms with Crippen molar-refractivity contribution in [3.63, 3.8) is 0 Å². The summed E-state index contributed by atoms with van der Waals surface area (Å²) in [7, 11) is 0. The molecule has 5 heteroatoms. The second-order valence-corrected chi connectivity index (χ2v) is 6.82. The zero-order valence-corrected chi connectivity index (χ0v) is 13.7. The van der Waals surface area contributed by atoms with Crippen molar-refractivity contribution in [2.75, 3.05) is 44.2 Å². The lowest BCUT2D eigenvalue weighted by Crippen LogP contribution is -2.34. The molecule has 1 aromatic rings. The van der Waals surface area contributed by atoms with Crippen LogP contribution in [0.1, 0.15) is 31.4 Å². The van der Waals surface area contributed by atoms with E-state index in [0.29, 0.717) is 17.5 Å². The maximum Gasteiger partial charge on any atom is 0.142 e. The highest BCUT2D eigenvalue weighted by Crippen LogP contribution is 2.28. The molecular formula is C18H26N4O. The van der Waals surface area contributed by atoms with Gasteiger partial charge in [0, 0.05) is 32.2 Å². The fraction of sp³-hybridized carbons (Fsp3) is 0.667. The van der Waals surface area contributed by atoms with Gasteiger partial charge < -0.3 is 14.9 Å². The molecule has 2 aliphatic heterocycles. The molecule has 0 radical (unpaired) electrons. The second kappa shape index (κ2) is 7.76. The Balaban J connectivity index is 1.66. The van der Waals surface area contributed by atoms with Crippen LogP contribution in [0, 0.1) is 23.2 Å². The van der Waals surface area contributed by atoms with Crippen molar-refractivity contribution in [1.82, 2.24) is 9.88 Å². The highest BCUT2D eigenvalue weighted by Gasteiger charge is 2.34. The van der Waals surface area contributed by atoms with Crippen LogP contribution >= 0.6 is 0 Å². The van der Waals surface area contributed by atoms with Crippen molar-refractivity contribution in [3.05, 3.63) is 23.9 Å². The minimum absolute atomic E-state index is 0.229. The van der Waals surface area contributed by atoms with Crippen molar-refractivity contribution < 1.29 is 5.11 Å².